The van der Waals surface area contributed by atoms with E-state index in [0.29, 0.717) is 16.6 Å². The summed E-state index contributed by atoms with van der Waals surface area (Å²) in [4.78, 5) is 15.9. The number of carboxylic acid groups (broad SMARTS) is 1. The molecule has 1 saturated carbocycles. The summed E-state index contributed by atoms with van der Waals surface area (Å²) >= 11 is 1.44. The van der Waals surface area contributed by atoms with Crippen molar-refractivity contribution in [3.63, 3.8) is 0 Å². The third-order valence-corrected chi connectivity index (χ3v) is 5.94. The van der Waals surface area contributed by atoms with E-state index < -0.39 is 5.97 Å². The summed E-state index contributed by atoms with van der Waals surface area (Å²) in [5.41, 5.74) is 10.4. The molecule has 1 aliphatic rings. The fourth-order valence-electron chi connectivity index (χ4n) is 4.11. The molecule has 1 aliphatic carbocycles. The Bertz CT molecular complexity index is 951. The van der Waals surface area contributed by atoms with E-state index in [9.17, 15) is 9.90 Å². The summed E-state index contributed by atoms with van der Waals surface area (Å²) in [6.45, 7) is 0. The molecule has 25 heavy (non-hydrogen) atoms. The summed E-state index contributed by atoms with van der Waals surface area (Å²) in [5, 5.41) is 13.0. The molecule has 130 valence electrons. The number of aromatic carboxylic acids is 1. The first-order valence-corrected chi connectivity index (χ1v) is 9.51. The molecule has 0 amide bonds. The molecule has 0 atom stereocenters. The number of thiazole rings is 1. The number of hydrogen-bond donors (Lipinski definition) is 2. The maximum absolute atomic E-state index is 11.4. The first-order valence-electron chi connectivity index (χ1n) is 8.63. The Labute approximate surface area is 150 Å². The van der Waals surface area contributed by atoms with Crippen molar-refractivity contribution in [1.29, 1.82) is 0 Å². The molecule has 1 fully saturated rings. The fraction of sp³-hybridized carbons (Fsp3) is 0.368. The van der Waals surface area contributed by atoms with Crippen LogP contribution in [0.25, 0.3) is 22.3 Å². The summed E-state index contributed by atoms with van der Waals surface area (Å²) in [7, 11) is 1.99. The first-order chi connectivity index (χ1) is 12.1. The lowest BCUT2D eigenvalue weighted by molar-refractivity contribution is 0.0697. The van der Waals surface area contributed by atoms with Crippen LogP contribution >= 0.6 is 11.3 Å². The molecule has 0 bridgehead atoms. The number of hydrogen-bond acceptors (Lipinski definition) is 4. The van der Waals surface area contributed by atoms with Crippen molar-refractivity contribution in [2.75, 3.05) is 5.73 Å². The van der Waals surface area contributed by atoms with Crippen molar-refractivity contribution in [3.8, 4) is 11.4 Å². The number of anilines is 1. The van der Waals surface area contributed by atoms with Gasteiger partial charge in [-0.15, -0.1) is 11.3 Å². The van der Waals surface area contributed by atoms with E-state index in [1.807, 2.05) is 18.5 Å². The van der Waals surface area contributed by atoms with Crippen molar-refractivity contribution in [3.05, 3.63) is 34.7 Å². The van der Waals surface area contributed by atoms with Crippen LogP contribution in [0.4, 0.5) is 5.13 Å². The molecule has 3 aromatic rings. The third-order valence-electron chi connectivity index (χ3n) is 5.26. The highest BCUT2D eigenvalue weighted by molar-refractivity contribution is 7.13. The van der Waals surface area contributed by atoms with E-state index in [2.05, 4.69) is 9.55 Å². The average Bonchev–Trinajstić information content (AvgIpc) is 3.16. The number of fused-ring (bicyclic) bond motifs is 1. The molecule has 0 spiro atoms. The zero-order chi connectivity index (χ0) is 17.6. The van der Waals surface area contributed by atoms with Gasteiger partial charge < -0.3 is 15.4 Å². The van der Waals surface area contributed by atoms with Crippen LogP contribution in [-0.2, 0) is 7.05 Å². The minimum absolute atomic E-state index is 0.313. The van der Waals surface area contributed by atoms with Gasteiger partial charge >= 0.3 is 5.97 Å². The normalized spacial score (nSPS) is 15.7. The Kier molecular flexibility index (Phi) is 4.00. The third kappa shape index (κ3) is 2.70. The monoisotopic (exact) mass is 355 g/mol. The number of rotatable bonds is 3. The maximum atomic E-state index is 11.4. The molecular formula is C19H21N3O2S. The van der Waals surface area contributed by atoms with Gasteiger partial charge in [-0.1, -0.05) is 25.3 Å². The maximum Gasteiger partial charge on any atom is 0.335 e. The van der Waals surface area contributed by atoms with Crippen molar-refractivity contribution >= 4 is 33.3 Å². The van der Waals surface area contributed by atoms with Crippen LogP contribution in [-0.4, -0.2) is 20.6 Å². The van der Waals surface area contributed by atoms with Gasteiger partial charge in [-0.25, -0.2) is 9.78 Å². The zero-order valence-corrected chi connectivity index (χ0v) is 15.0. The van der Waals surface area contributed by atoms with Gasteiger partial charge in [0.2, 0.25) is 0 Å². The topological polar surface area (TPSA) is 81.1 Å². The van der Waals surface area contributed by atoms with Gasteiger partial charge in [0.05, 0.1) is 11.3 Å². The summed E-state index contributed by atoms with van der Waals surface area (Å²) < 4.78 is 2.08. The van der Waals surface area contributed by atoms with E-state index in [1.165, 1.54) is 49.0 Å². The SMILES string of the molecule is Cn1c(-c2csc(N)n2)c(C2CCCCC2)c2ccc(C(=O)O)cc21. The largest absolute Gasteiger partial charge is 0.478 e. The Morgan fingerprint density at radius 2 is 2.08 bits per heavy atom. The van der Waals surface area contributed by atoms with Gasteiger partial charge in [0, 0.05) is 23.3 Å². The number of nitrogen functional groups attached to an aromatic ring is 1. The van der Waals surface area contributed by atoms with Gasteiger partial charge in [-0.2, -0.15) is 0 Å². The molecule has 3 N–H and O–H groups in total. The number of benzene rings is 1. The molecule has 0 unspecified atom stereocenters. The minimum atomic E-state index is -0.901. The number of aromatic nitrogens is 2. The highest BCUT2D eigenvalue weighted by Crippen LogP contribution is 2.44. The smallest absolute Gasteiger partial charge is 0.335 e. The van der Waals surface area contributed by atoms with E-state index in [1.54, 1.807) is 12.1 Å². The number of carbonyl (C=O) groups is 1. The van der Waals surface area contributed by atoms with Crippen LogP contribution in [0.3, 0.4) is 0 Å². The Balaban J connectivity index is 1.99. The second kappa shape index (κ2) is 6.19. The van der Waals surface area contributed by atoms with Crippen molar-refractivity contribution in [2.45, 2.75) is 38.0 Å². The number of carboxylic acids is 1. The molecule has 2 aromatic heterocycles. The Morgan fingerprint density at radius 1 is 1.32 bits per heavy atom. The average molecular weight is 355 g/mol. The zero-order valence-electron chi connectivity index (χ0n) is 14.2. The van der Waals surface area contributed by atoms with E-state index >= 15 is 0 Å². The lowest BCUT2D eigenvalue weighted by Gasteiger charge is -2.23. The number of nitrogens with zero attached hydrogens (tertiary/aromatic N) is 2. The predicted octanol–water partition coefficient (Wildman–Crippen LogP) is 4.63. The lowest BCUT2D eigenvalue weighted by Crippen LogP contribution is -2.06. The first kappa shape index (κ1) is 16.1. The summed E-state index contributed by atoms with van der Waals surface area (Å²) in [6, 6.07) is 5.43. The minimum Gasteiger partial charge on any atom is -0.478 e. The predicted molar refractivity (Wildman–Crippen MR) is 101 cm³/mol. The molecule has 0 radical (unpaired) electrons. The molecule has 0 saturated heterocycles. The molecule has 4 rings (SSSR count). The molecule has 1 aromatic carbocycles. The number of aryl methyl sites for hydroxylation is 1. The van der Waals surface area contributed by atoms with Crippen molar-refractivity contribution in [2.24, 2.45) is 7.05 Å². The van der Waals surface area contributed by atoms with Crippen molar-refractivity contribution < 1.29 is 9.90 Å². The van der Waals surface area contributed by atoms with Gasteiger partial charge in [0.1, 0.15) is 5.69 Å². The highest BCUT2D eigenvalue weighted by atomic mass is 32.1. The van der Waals surface area contributed by atoms with Crippen LogP contribution in [0.1, 0.15) is 53.9 Å². The molecule has 6 heteroatoms. The fourth-order valence-corrected chi connectivity index (χ4v) is 4.66. The second-order valence-electron chi connectivity index (χ2n) is 6.76. The van der Waals surface area contributed by atoms with Crippen LogP contribution in [0, 0.1) is 0 Å². The van der Waals surface area contributed by atoms with Crippen molar-refractivity contribution in [1.82, 2.24) is 9.55 Å². The van der Waals surface area contributed by atoms with Gasteiger partial charge in [0.15, 0.2) is 5.13 Å². The van der Waals surface area contributed by atoms with E-state index in [-0.39, 0.29) is 0 Å². The standard InChI is InChI=1S/C19H21N3O2S/c1-22-15-9-12(18(23)24)7-8-13(15)16(11-5-3-2-4-6-11)17(22)14-10-25-19(20)21-14/h7-11H,2-6H2,1H3,(H2,20,21)(H,23,24). The Hall–Kier alpha value is -2.34. The Morgan fingerprint density at radius 3 is 2.72 bits per heavy atom. The molecule has 5 nitrogen and oxygen atoms in total. The van der Waals surface area contributed by atoms with Crippen LogP contribution in [0.5, 0.6) is 0 Å². The van der Waals surface area contributed by atoms with E-state index in [0.717, 1.165) is 22.3 Å². The quantitative estimate of drug-likeness (QED) is 0.718. The molecule has 0 aliphatic heterocycles. The summed E-state index contributed by atoms with van der Waals surface area (Å²) in [6.07, 6.45) is 6.13. The molecule has 2 heterocycles. The van der Waals surface area contributed by atoms with Crippen LogP contribution in [0.2, 0.25) is 0 Å². The lowest BCUT2D eigenvalue weighted by atomic mass is 9.82. The van der Waals surface area contributed by atoms with Gasteiger partial charge in [-0.05, 0) is 36.5 Å². The van der Waals surface area contributed by atoms with Crippen LogP contribution in [0.15, 0.2) is 23.6 Å². The van der Waals surface area contributed by atoms with Gasteiger partial charge in [0.25, 0.3) is 0 Å². The second-order valence-corrected chi connectivity index (χ2v) is 7.65. The van der Waals surface area contributed by atoms with Crippen LogP contribution < -0.4 is 5.73 Å². The van der Waals surface area contributed by atoms with Gasteiger partial charge in [-0.3, -0.25) is 0 Å². The summed E-state index contributed by atoms with van der Waals surface area (Å²) in [5.74, 6) is -0.409. The van der Waals surface area contributed by atoms with E-state index in [4.69, 9.17) is 5.73 Å². The molecular weight excluding hydrogens is 334 g/mol. The number of nitrogens with two attached hydrogens (primary N) is 1. The highest BCUT2D eigenvalue weighted by Gasteiger charge is 2.26.